The van der Waals surface area contributed by atoms with E-state index in [0.29, 0.717) is 0 Å². The van der Waals surface area contributed by atoms with Crippen molar-refractivity contribution in [1.29, 1.82) is 0 Å². The van der Waals surface area contributed by atoms with Gasteiger partial charge in [0.05, 0.1) is 5.02 Å². The van der Waals surface area contributed by atoms with E-state index in [1.54, 1.807) is 0 Å². The highest BCUT2D eigenvalue weighted by Gasteiger charge is 2.17. The quantitative estimate of drug-likeness (QED) is 0.873. The van der Waals surface area contributed by atoms with Gasteiger partial charge < -0.3 is 5.73 Å². The molecule has 0 aromatic heterocycles. The third-order valence-electron chi connectivity index (χ3n) is 1.62. The SMILES string of the molecule is Cl.NCCNS(=O)(=O)c1cc(F)ccc1Cl. The lowest BCUT2D eigenvalue weighted by molar-refractivity contribution is 0.578. The predicted molar refractivity (Wildman–Crippen MR) is 62.9 cm³/mol. The molecule has 0 saturated carbocycles. The molecule has 8 heteroatoms. The van der Waals surface area contributed by atoms with Crippen LogP contribution in [0.5, 0.6) is 0 Å². The molecule has 0 radical (unpaired) electrons. The summed E-state index contributed by atoms with van der Waals surface area (Å²) in [6.07, 6.45) is 0. The molecular weight excluding hydrogens is 278 g/mol. The van der Waals surface area contributed by atoms with Gasteiger partial charge in [-0.25, -0.2) is 17.5 Å². The van der Waals surface area contributed by atoms with Gasteiger partial charge in [0.15, 0.2) is 0 Å². The number of benzene rings is 1. The predicted octanol–water partition coefficient (Wildman–Crippen LogP) is 1.14. The smallest absolute Gasteiger partial charge is 0.242 e. The molecule has 0 heterocycles. The average molecular weight is 289 g/mol. The van der Waals surface area contributed by atoms with Gasteiger partial charge in [-0.2, -0.15) is 0 Å². The molecule has 1 rings (SSSR count). The lowest BCUT2D eigenvalue weighted by Crippen LogP contribution is -2.29. The highest BCUT2D eigenvalue weighted by atomic mass is 35.5. The van der Waals surface area contributed by atoms with Gasteiger partial charge >= 0.3 is 0 Å². The zero-order valence-corrected chi connectivity index (χ0v) is 10.5. The van der Waals surface area contributed by atoms with Crippen LogP contribution in [0.1, 0.15) is 0 Å². The van der Waals surface area contributed by atoms with Crippen LogP contribution < -0.4 is 10.5 Å². The third kappa shape index (κ3) is 3.88. The maximum Gasteiger partial charge on any atom is 0.242 e. The molecule has 0 spiro atoms. The largest absolute Gasteiger partial charge is 0.329 e. The topological polar surface area (TPSA) is 72.2 Å². The Balaban J connectivity index is 0.00000225. The number of halogens is 3. The minimum absolute atomic E-state index is 0. The highest BCUT2D eigenvalue weighted by Crippen LogP contribution is 2.21. The van der Waals surface area contributed by atoms with E-state index in [2.05, 4.69) is 4.72 Å². The summed E-state index contributed by atoms with van der Waals surface area (Å²) >= 11 is 5.64. The zero-order valence-electron chi connectivity index (χ0n) is 8.11. The molecule has 4 nitrogen and oxygen atoms in total. The lowest BCUT2D eigenvalue weighted by atomic mass is 10.3. The van der Waals surface area contributed by atoms with Gasteiger partial charge in [0.25, 0.3) is 0 Å². The fourth-order valence-electron chi connectivity index (χ4n) is 0.954. The summed E-state index contributed by atoms with van der Waals surface area (Å²) < 4.78 is 38.1. The van der Waals surface area contributed by atoms with E-state index in [0.717, 1.165) is 12.1 Å². The van der Waals surface area contributed by atoms with Gasteiger partial charge in [0.1, 0.15) is 10.7 Å². The minimum atomic E-state index is -3.78. The normalized spacial score (nSPS) is 10.9. The van der Waals surface area contributed by atoms with Crippen LogP contribution >= 0.6 is 24.0 Å². The molecule has 0 bridgehead atoms. The van der Waals surface area contributed by atoms with Crippen molar-refractivity contribution >= 4 is 34.0 Å². The number of hydrogen-bond donors (Lipinski definition) is 2. The Kier molecular flexibility index (Phi) is 6.20. The van der Waals surface area contributed by atoms with Crippen LogP contribution in [0.3, 0.4) is 0 Å². The standard InChI is InChI=1S/C8H10ClFN2O2S.ClH/c9-7-2-1-6(10)5-8(7)15(13,14)12-4-3-11;/h1-2,5,12H,3-4,11H2;1H. The van der Waals surface area contributed by atoms with Crippen molar-refractivity contribution in [2.45, 2.75) is 4.90 Å². The average Bonchev–Trinajstić information content (AvgIpc) is 2.18. The Morgan fingerprint density at radius 3 is 2.62 bits per heavy atom. The molecule has 1 aromatic carbocycles. The molecule has 0 aliphatic heterocycles. The van der Waals surface area contributed by atoms with Crippen LogP contribution in [-0.4, -0.2) is 21.5 Å². The fourth-order valence-corrected chi connectivity index (χ4v) is 2.51. The maximum absolute atomic E-state index is 12.8. The van der Waals surface area contributed by atoms with E-state index in [1.807, 2.05) is 0 Å². The first-order valence-electron chi connectivity index (χ1n) is 4.12. The Bertz CT molecular complexity index is 453. The Labute approximate surface area is 104 Å². The Morgan fingerprint density at radius 1 is 1.44 bits per heavy atom. The summed E-state index contributed by atoms with van der Waals surface area (Å²) in [5.74, 6) is -0.660. The van der Waals surface area contributed by atoms with Crippen molar-refractivity contribution in [2.24, 2.45) is 5.73 Å². The van der Waals surface area contributed by atoms with Gasteiger partial charge in [-0.3, -0.25) is 0 Å². The molecule has 3 N–H and O–H groups in total. The monoisotopic (exact) mass is 288 g/mol. The molecule has 0 unspecified atom stereocenters. The third-order valence-corrected chi connectivity index (χ3v) is 3.56. The summed E-state index contributed by atoms with van der Waals surface area (Å²) in [4.78, 5) is -0.280. The molecule has 0 aliphatic rings. The molecule has 0 aliphatic carbocycles. The molecule has 92 valence electrons. The summed E-state index contributed by atoms with van der Waals surface area (Å²) in [6, 6.07) is 3.14. The molecule has 0 saturated heterocycles. The molecule has 16 heavy (non-hydrogen) atoms. The summed E-state index contributed by atoms with van der Waals surface area (Å²) in [6.45, 7) is 0.237. The summed E-state index contributed by atoms with van der Waals surface area (Å²) in [5.41, 5.74) is 5.15. The first-order chi connectivity index (χ1) is 6.97. The van der Waals surface area contributed by atoms with Gasteiger partial charge in [0, 0.05) is 13.1 Å². The van der Waals surface area contributed by atoms with Crippen molar-refractivity contribution in [3.63, 3.8) is 0 Å². The summed E-state index contributed by atoms with van der Waals surface area (Å²) in [7, 11) is -3.78. The molecule has 0 amide bonds. The molecular formula is C8H11Cl2FN2O2S. The van der Waals surface area contributed by atoms with Crippen LogP contribution in [0, 0.1) is 5.82 Å². The lowest BCUT2D eigenvalue weighted by Gasteiger charge is -2.07. The first-order valence-corrected chi connectivity index (χ1v) is 5.98. The van der Waals surface area contributed by atoms with Gasteiger partial charge in [-0.1, -0.05) is 11.6 Å². The number of nitrogens with one attached hydrogen (secondary N) is 1. The van der Waals surface area contributed by atoms with E-state index in [1.165, 1.54) is 6.07 Å². The molecule has 0 fully saturated rings. The van der Waals surface area contributed by atoms with Gasteiger partial charge in [0.2, 0.25) is 10.0 Å². The van der Waals surface area contributed by atoms with Crippen LogP contribution in [0.25, 0.3) is 0 Å². The van der Waals surface area contributed by atoms with E-state index in [4.69, 9.17) is 17.3 Å². The minimum Gasteiger partial charge on any atom is -0.329 e. The Morgan fingerprint density at radius 2 is 2.06 bits per heavy atom. The highest BCUT2D eigenvalue weighted by molar-refractivity contribution is 7.89. The fraction of sp³-hybridized carbons (Fsp3) is 0.250. The van der Waals surface area contributed by atoms with Crippen molar-refractivity contribution < 1.29 is 12.8 Å². The van der Waals surface area contributed by atoms with Crippen molar-refractivity contribution in [1.82, 2.24) is 4.72 Å². The van der Waals surface area contributed by atoms with Gasteiger partial charge in [-0.15, -0.1) is 12.4 Å². The molecule has 0 atom stereocenters. The van der Waals surface area contributed by atoms with Crippen molar-refractivity contribution in [3.8, 4) is 0 Å². The number of rotatable bonds is 4. The second kappa shape index (κ2) is 6.36. The van der Waals surface area contributed by atoms with Crippen LogP contribution in [0.4, 0.5) is 4.39 Å². The zero-order chi connectivity index (χ0) is 11.5. The number of sulfonamides is 1. The van der Waals surface area contributed by atoms with Crippen molar-refractivity contribution in [3.05, 3.63) is 29.0 Å². The number of hydrogen-bond acceptors (Lipinski definition) is 3. The second-order valence-electron chi connectivity index (χ2n) is 2.76. The van der Waals surface area contributed by atoms with E-state index in [-0.39, 0.29) is 35.4 Å². The van der Waals surface area contributed by atoms with Crippen LogP contribution in [-0.2, 0) is 10.0 Å². The van der Waals surface area contributed by atoms with Crippen LogP contribution in [0.2, 0.25) is 5.02 Å². The Hall–Kier alpha value is -0.400. The van der Waals surface area contributed by atoms with Crippen molar-refractivity contribution in [2.75, 3.05) is 13.1 Å². The second-order valence-corrected chi connectivity index (χ2v) is 4.90. The summed E-state index contributed by atoms with van der Waals surface area (Å²) in [5, 5.41) is -0.0269. The maximum atomic E-state index is 12.8. The van der Waals surface area contributed by atoms with Crippen LogP contribution in [0.15, 0.2) is 23.1 Å². The number of nitrogens with two attached hydrogens (primary N) is 1. The van der Waals surface area contributed by atoms with E-state index in [9.17, 15) is 12.8 Å². The van der Waals surface area contributed by atoms with Gasteiger partial charge in [-0.05, 0) is 18.2 Å². The van der Waals surface area contributed by atoms with E-state index < -0.39 is 15.8 Å². The first kappa shape index (κ1) is 15.6. The molecule has 1 aromatic rings. The van der Waals surface area contributed by atoms with E-state index >= 15 is 0 Å².